The molecule has 0 unspecified atom stereocenters. The number of hydrogen-bond acceptors (Lipinski definition) is 6. The minimum atomic E-state index is 0.0926. The van der Waals surface area contributed by atoms with E-state index in [9.17, 15) is 4.79 Å². The smallest absolute Gasteiger partial charge is 0.223 e. The van der Waals surface area contributed by atoms with Crippen LogP contribution < -0.4 is 9.47 Å². The number of nitrogens with zero attached hydrogens (tertiary/aromatic N) is 1. The molecule has 7 nitrogen and oxygen atoms in total. The lowest BCUT2D eigenvalue weighted by atomic mass is 9.88. The number of carbonyl (C=O) groups excluding carboxylic acids is 1. The highest BCUT2D eigenvalue weighted by atomic mass is 16.5. The van der Waals surface area contributed by atoms with Crippen molar-refractivity contribution in [1.29, 1.82) is 0 Å². The summed E-state index contributed by atoms with van der Waals surface area (Å²) in [6.45, 7) is 36.4. The summed E-state index contributed by atoms with van der Waals surface area (Å²) >= 11 is 0. The van der Waals surface area contributed by atoms with Crippen LogP contribution in [0.3, 0.4) is 0 Å². The molecule has 1 saturated heterocycles. The van der Waals surface area contributed by atoms with Gasteiger partial charge >= 0.3 is 0 Å². The molecule has 0 aliphatic carbocycles. The third-order valence-corrected chi connectivity index (χ3v) is 6.36. The van der Waals surface area contributed by atoms with Crippen molar-refractivity contribution in [2.45, 2.75) is 116 Å². The Bertz CT molecular complexity index is 955. The van der Waals surface area contributed by atoms with Gasteiger partial charge in [0, 0.05) is 39.6 Å². The molecule has 1 fully saturated rings. The molecule has 1 heterocycles. The van der Waals surface area contributed by atoms with Crippen molar-refractivity contribution in [2.24, 2.45) is 21.7 Å². The molecule has 1 amide bonds. The lowest BCUT2D eigenvalue weighted by molar-refractivity contribution is -0.137. The molecule has 0 bridgehead atoms. The Labute approximate surface area is 284 Å². The number of carbonyl (C=O) groups is 1. The lowest BCUT2D eigenvalue weighted by Crippen LogP contribution is -2.41. The van der Waals surface area contributed by atoms with E-state index >= 15 is 0 Å². The SMILES string of the molecule is C=C(CC(C)(C)C)OCC.CC(C)(C)CC(=O)N1CCOCC1.COCCC(C)(C)C.COc1ccc(CC(C)(C)C)cc1OC. The number of methoxy groups -OCH3 is 3. The average Bonchev–Trinajstić information content (AvgIpc) is 2.90. The largest absolute Gasteiger partial charge is 0.499 e. The molecule has 0 aromatic heterocycles. The van der Waals surface area contributed by atoms with Gasteiger partial charge < -0.3 is 28.6 Å². The number of benzene rings is 1. The van der Waals surface area contributed by atoms with Crippen LogP contribution >= 0.6 is 0 Å². The molecule has 0 atom stereocenters. The summed E-state index contributed by atoms with van der Waals surface area (Å²) in [4.78, 5) is 13.6. The number of morpholine rings is 1. The van der Waals surface area contributed by atoms with E-state index in [2.05, 4.69) is 95.7 Å². The Morgan fingerprint density at radius 2 is 1.30 bits per heavy atom. The summed E-state index contributed by atoms with van der Waals surface area (Å²) in [5, 5.41) is 0. The van der Waals surface area contributed by atoms with Crippen molar-refractivity contribution in [3.05, 3.63) is 36.1 Å². The Hall–Kier alpha value is -2.25. The predicted octanol–water partition coefficient (Wildman–Crippen LogP) is 9.62. The second-order valence-electron chi connectivity index (χ2n) is 16.7. The van der Waals surface area contributed by atoms with E-state index in [1.165, 1.54) is 5.56 Å². The maximum absolute atomic E-state index is 11.7. The summed E-state index contributed by atoms with van der Waals surface area (Å²) in [7, 11) is 5.06. The number of rotatable bonds is 9. The molecule has 0 spiro atoms. The lowest BCUT2D eigenvalue weighted by Gasteiger charge is -2.29. The topological polar surface area (TPSA) is 66.5 Å². The third-order valence-electron chi connectivity index (χ3n) is 6.36. The Morgan fingerprint density at radius 1 is 0.783 bits per heavy atom. The zero-order valence-electron chi connectivity index (χ0n) is 32.9. The molecule has 1 aliphatic rings. The van der Waals surface area contributed by atoms with E-state index in [-0.39, 0.29) is 11.3 Å². The first-order valence-electron chi connectivity index (χ1n) is 16.8. The molecule has 2 rings (SSSR count). The second-order valence-corrected chi connectivity index (χ2v) is 16.7. The molecular weight excluding hydrogens is 578 g/mol. The van der Waals surface area contributed by atoms with Gasteiger partial charge in [-0.25, -0.2) is 0 Å². The standard InChI is InChI=1S/C13H20O2.C10H19NO2.C9H18O.C7H16O/c1-13(2,3)9-10-6-7-11(14-4)12(8-10)15-5;1-10(2,3)8-9(12)11-4-6-13-7-5-11;1-6-10-8(2)7-9(3,4)5;1-7(2,3)5-6-8-4/h6-8H,9H2,1-5H3;4-8H2,1-3H3;2,6-7H2,1,3-5H3;5-6H2,1-4H3. The number of hydrogen-bond donors (Lipinski definition) is 0. The normalized spacial score (nSPS) is 13.5. The fraction of sp³-hybridized carbons (Fsp3) is 0.769. The van der Waals surface area contributed by atoms with Crippen LogP contribution in [-0.4, -0.2) is 71.7 Å². The highest BCUT2D eigenvalue weighted by Gasteiger charge is 2.22. The number of amides is 1. The predicted molar refractivity (Wildman–Crippen MR) is 195 cm³/mol. The minimum absolute atomic E-state index is 0.0926. The highest BCUT2D eigenvalue weighted by Crippen LogP contribution is 2.30. The van der Waals surface area contributed by atoms with Gasteiger partial charge in [-0.15, -0.1) is 0 Å². The van der Waals surface area contributed by atoms with Crippen LogP contribution in [0.2, 0.25) is 0 Å². The van der Waals surface area contributed by atoms with Crippen molar-refractivity contribution < 1.29 is 28.5 Å². The van der Waals surface area contributed by atoms with Crippen LogP contribution in [0.25, 0.3) is 0 Å². The van der Waals surface area contributed by atoms with E-state index in [1.54, 1.807) is 21.3 Å². The van der Waals surface area contributed by atoms with E-state index in [4.69, 9.17) is 23.7 Å². The van der Waals surface area contributed by atoms with Crippen molar-refractivity contribution in [2.75, 3.05) is 60.8 Å². The average molecular weight is 652 g/mol. The van der Waals surface area contributed by atoms with E-state index in [0.29, 0.717) is 35.9 Å². The molecule has 1 aromatic rings. The van der Waals surface area contributed by atoms with Crippen LogP contribution in [0, 0.1) is 21.7 Å². The summed E-state index contributed by atoms with van der Waals surface area (Å²) in [6, 6.07) is 6.09. The quantitative estimate of drug-likeness (QED) is 0.248. The maximum Gasteiger partial charge on any atom is 0.223 e. The van der Waals surface area contributed by atoms with E-state index in [1.807, 2.05) is 24.0 Å². The van der Waals surface area contributed by atoms with Crippen LogP contribution in [0.1, 0.15) is 115 Å². The van der Waals surface area contributed by atoms with Crippen LogP contribution in [0.15, 0.2) is 30.5 Å². The van der Waals surface area contributed by atoms with Crippen LogP contribution in [-0.2, 0) is 25.4 Å². The summed E-state index contributed by atoms with van der Waals surface area (Å²) in [5.74, 6) is 2.75. The Balaban J connectivity index is 0. The summed E-state index contributed by atoms with van der Waals surface area (Å²) in [6.07, 6.45) is 3.75. The molecule has 0 saturated carbocycles. The van der Waals surface area contributed by atoms with Gasteiger partial charge in [-0.2, -0.15) is 0 Å². The van der Waals surface area contributed by atoms with Crippen molar-refractivity contribution in [1.82, 2.24) is 4.90 Å². The fourth-order valence-electron chi connectivity index (χ4n) is 4.24. The van der Waals surface area contributed by atoms with Crippen LogP contribution in [0.5, 0.6) is 11.5 Å². The first kappa shape index (κ1) is 45.9. The van der Waals surface area contributed by atoms with Crippen molar-refractivity contribution in [3.63, 3.8) is 0 Å². The first-order chi connectivity index (χ1) is 21.0. The number of ether oxygens (including phenoxy) is 5. The minimum Gasteiger partial charge on any atom is -0.499 e. The fourth-order valence-corrected chi connectivity index (χ4v) is 4.24. The van der Waals surface area contributed by atoms with E-state index < -0.39 is 0 Å². The highest BCUT2D eigenvalue weighted by molar-refractivity contribution is 5.76. The Kier molecular flexibility index (Phi) is 22.3. The van der Waals surface area contributed by atoms with Gasteiger partial charge in [-0.3, -0.25) is 4.79 Å². The van der Waals surface area contributed by atoms with Gasteiger partial charge in [0.15, 0.2) is 11.5 Å². The van der Waals surface area contributed by atoms with Crippen molar-refractivity contribution in [3.8, 4) is 11.5 Å². The summed E-state index contributed by atoms with van der Waals surface area (Å²) in [5.41, 5.74) is 2.39. The van der Waals surface area contributed by atoms with Gasteiger partial charge in [0.1, 0.15) is 0 Å². The van der Waals surface area contributed by atoms with Crippen LogP contribution in [0.4, 0.5) is 0 Å². The maximum atomic E-state index is 11.7. The van der Waals surface area contributed by atoms with Crippen molar-refractivity contribution >= 4 is 5.91 Å². The molecule has 0 N–H and O–H groups in total. The Morgan fingerprint density at radius 3 is 1.67 bits per heavy atom. The first-order valence-corrected chi connectivity index (χ1v) is 16.8. The third kappa shape index (κ3) is 28.0. The van der Waals surface area contributed by atoms with Gasteiger partial charge in [0.05, 0.1) is 39.8 Å². The molecule has 46 heavy (non-hydrogen) atoms. The molecule has 1 aromatic carbocycles. The molecule has 270 valence electrons. The summed E-state index contributed by atoms with van der Waals surface area (Å²) < 4.78 is 25.8. The zero-order chi connectivity index (χ0) is 36.2. The monoisotopic (exact) mass is 652 g/mol. The zero-order valence-corrected chi connectivity index (χ0v) is 32.9. The molecule has 7 heteroatoms. The van der Waals surface area contributed by atoms with Gasteiger partial charge in [-0.05, 0) is 59.1 Å². The van der Waals surface area contributed by atoms with Gasteiger partial charge in [-0.1, -0.05) is 95.7 Å². The number of allylic oxidation sites excluding steroid dienone is 1. The van der Waals surface area contributed by atoms with Gasteiger partial charge in [0.2, 0.25) is 5.91 Å². The van der Waals surface area contributed by atoms with Gasteiger partial charge in [0.25, 0.3) is 0 Å². The molecular formula is C39H73NO6. The second kappa shape index (κ2) is 22.3. The molecule has 0 radical (unpaired) electrons. The molecule has 1 aliphatic heterocycles. The van der Waals surface area contributed by atoms with E-state index in [0.717, 1.165) is 62.8 Å².